The van der Waals surface area contributed by atoms with Gasteiger partial charge in [0.15, 0.2) is 0 Å². The maximum Gasteiger partial charge on any atom is 0.310 e. The van der Waals surface area contributed by atoms with Crippen LogP contribution in [0.5, 0.6) is 0 Å². The van der Waals surface area contributed by atoms with E-state index in [2.05, 4.69) is 0 Å². The Bertz CT molecular complexity index is 698. The number of rotatable bonds is 3. The van der Waals surface area contributed by atoms with Crippen LogP contribution in [0.15, 0.2) is 36.4 Å². The molecule has 5 heteroatoms. The third-order valence-corrected chi connectivity index (χ3v) is 5.05. The number of fused-ring (bicyclic) bond motifs is 1. The summed E-state index contributed by atoms with van der Waals surface area (Å²) in [5.41, 5.74) is 1.17. The van der Waals surface area contributed by atoms with Gasteiger partial charge < -0.3 is 14.7 Å². The van der Waals surface area contributed by atoms with E-state index in [0.29, 0.717) is 6.54 Å². The highest BCUT2D eigenvalue weighted by molar-refractivity contribution is 6.03. The lowest BCUT2D eigenvalue weighted by molar-refractivity contribution is -0.146. The van der Waals surface area contributed by atoms with Crippen LogP contribution in [0.4, 0.5) is 5.69 Å². The van der Waals surface area contributed by atoms with Crippen LogP contribution in [0, 0.1) is 11.8 Å². The third-order valence-electron chi connectivity index (χ3n) is 5.05. The van der Waals surface area contributed by atoms with Crippen LogP contribution < -0.4 is 4.90 Å². The van der Waals surface area contributed by atoms with Crippen molar-refractivity contribution in [2.75, 3.05) is 11.4 Å². The maximum atomic E-state index is 12.9. The summed E-state index contributed by atoms with van der Waals surface area (Å²) in [6, 6.07) is 7.76. The topological polar surface area (TPSA) is 66.8 Å². The predicted molar refractivity (Wildman–Crippen MR) is 79.5 cm³/mol. The molecule has 1 N–H and O–H groups in total. The van der Waals surface area contributed by atoms with Crippen molar-refractivity contribution < 1.29 is 19.4 Å². The molecule has 2 saturated heterocycles. The highest BCUT2D eigenvalue weighted by Crippen LogP contribution is 2.52. The largest absolute Gasteiger partial charge is 0.481 e. The first-order valence-electron chi connectivity index (χ1n) is 7.56. The second-order valence-corrected chi connectivity index (χ2v) is 6.14. The van der Waals surface area contributed by atoms with Crippen molar-refractivity contribution in [3.63, 3.8) is 0 Å². The molecule has 1 aromatic rings. The van der Waals surface area contributed by atoms with E-state index in [9.17, 15) is 14.7 Å². The standard InChI is InChI=1S/C17H17NO4/c1-2-10-5-3-4-6-11(10)18-9-17-8-7-12(22-17)13(16(20)21)14(17)15(18)19/h3-8,12-14H,2,9H2,1H3,(H,20,21)/t12-,13+,14+,17-/m0/s1. The van der Waals surface area contributed by atoms with Gasteiger partial charge in [0.1, 0.15) is 11.5 Å². The van der Waals surface area contributed by atoms with Crippen molar-refractivity contribution in [2.24, 2.45) is 11.8 Å². The fourth-order valence-corrected chi connectivity index (χ4v) is 4.06. The molecule has 0 unspecified atom stereocenters. The van der Waals surface area contributed by atoms with Gasteiger partial charge in [0.05, 0.1) is 18.6 Å². The molecule has 3 aliphatic heterocycles. The van der Waals surface area contributed by atoms with Crippen molar-refractivity contribution in [3.8, 4) is 0 Å². The van der Waals surface area contributed by atoms with Gasteiger partial charge in [-0.25, -0.2) is 0 Å². The minimum atomic E-state index is -0.958. The summed E-state index contributed by atoms with van der Waals surface area (Å²) < 4.78 is 5.90. The summed E-state index contributed by atoms with van der Waals surface area (Å²) in [6.45, 7) is 2.44. The number of hydrogen-bond acceptors (Lipinski definition) is 3. The van der Waals surface area contributed by atoms with Crippen molar-refractivity contribution >= 4 is 17.6 Å². The zero-order chi connectivity index (χ0) is 15.5. The minimum Gasteiger partial charge on any atom is -0.481 e. The van der Waals surface area contributed by atoms with Gasteiger partial charge in [-0.15, -0.1) is 0 Å². The van der Waals surface area contributed by atoms with Gasteiger partial charge in [0, 0.05) is 5.69 Å². The van der Waals surface area contributed by atoms with Gasteiger partial charge in [-0.2, -0.15) is 0 Å². The first-order chi connectivity index (χ1) is 10.6. The molecule has 2 fully saturated rings. The number of amides is 1. The first kappa shape index (κ1) is 13.5. The summed E-state index contributed by atoms with van der Waals surface area (Å²) >= 11 is 0. The van der Waals surface area contributed by atoms with Gasteiger partial charge in [-0.3, -0.25) is 9.59 Å². The Morgan fingerprint density at radius 3 is 2.95 bits per heavy atom. The van der Waals surface area contributed by atoms with E-state index in [1.54, 1.807) is 11.0 Å². The molecule has 4 rings (SSSR count). The van der Waals surface area contributed by atoms with Crippen molar-refractivity contribution in [1.29, 1.82) is 0 Å². The smallest absolute Gasteiger partial charge is 0.310 e. The van der Waals surface area contributed by atoms with Crippen LogP contribution in [0.1, 0.15) is 12.5 Å². The summed E-state index contributed by atoms with van der Waals surface area (Å²) in [5.74, 6) is -2.50. The molecule has 0 radical (unpaired) electrons. The molecule has 0 saturated carbocycles. The van der Waals surface area contributed by atoms with E-state index in [1.165, 1.54) is 0 Å². The fourth-order valence-electron chi connectivity index (χ4n) is 4.06. The number of carboxylic acid groups (broad SMARTS) is 1. The van der Waals surface area contributed by atoms with Gasteiger partial charge >= 0.3 is 5.97 Å². The van der Waals surface area contributed by atoms with Gasteiger partial charge in [-0.05, 0) is 18.1 Å². The van der Waals surface area contributed by atoms with E-state index >= 15 is 0 Å². The van der Waals surface area contributed by atoms with E-state index in [4.69, 9.17) is 4.74 Å². The summed E-state index contributed by atoms with van der Waals surface area (Å²) in [7, 11) is 0. The zero-order valence-electron chi connectivity index (χ0n) is 12.2. The molecule has 5 nitrogen and oxygen atoms in total. The third kappa shape index (κ3) is 1.57. The number of hydrogen-bond donors (Lipinski definition) is 1. The molecule has 4 atom stereocenters. The Kier molecular flexibility index (Phi) is 2.72. The molecule has 0 aliphatic carbocycles. The maximum absolute atomic E-state index is 12.9. The molecule has 114 valence electrons. The average Bonchev–Trinajstić information content (AvgIpc) is 3.15. The minimum absolute atomic E-state index is 0.139. The summed E-state index contributed by atoms with van der Waals surface area (Å²) in [4.78, 5) is 26.2. The van der Waals surface area contributed by atoms with Crippen molar-refractivity contribution in [3.05, 3.63) is 42.0 Å². The van der Waals surface area contributed by atoms with Gasteiger partial charge in [0.25, 0.3) is 0 Å². The molecule has 2 bridgehead atoms. The van der Waals surface area contributed by atoms with Crippen LogP contribution in [0.3, 0.4) is 0 Å². The molecule has 0 aromatic heterocycles. The number of nitrogens with zero attached hydrogens (tertiary/aromatic N) is 1. The predicted octanol–water partition coefficient (Wildman–Crippen LogP) is 1.62. The number of para-hydroxylation sites is 1. The monoisotopic (exact) mass is 299 g/mol. The quantitative estimate of drug-likeness (QED) is 0.861. The highest BCUT2D eigenvalue weighted by atomic mass is 16.5. The van der Waals surface area contributed by atoms with Crippen LogP contribution in [0.25, 0.3) is 0 Å². The first-order valence-corrected chi connectivity index (χ1v) is 7.56. The molecule has 1 spiro atoms. The lowest BCUT2D eigenvalue weighted by Crippen LogP contribution is -2.39. The summed E-state index contributed by atoms with van der Waals surface area (Å²) in [6.07, 6.45) is 4.01. The van der Waals surface area contributed by atoms with E-state index in [1.807, 2.05) is 37.3 Å². The number of ether oxygens (including phenoxy) is 1. The number of carbonyl (C=O) groups is 2. The number of benzene rings is 1. The van der Waals surface area contributed by atoms with Crippen LogP contribution in [-0.4, -0.2) is 35.2 Å². The number of aliphatic carboxylic acids is 1. The van der Waals surface area contributed by atoms with E-state index in [-0.39, 0.29) is 5.91 Å². The van der Waals surface area contributed by atoms with Crippen molar-refractivity contribution in [1.82, 2.24) is 0 Å². The second kappa shape index (κ2) is 4.43. The SMILES string of the molecule is CCc1ccccc1N1C[C@]23C=C[C@H](O2)[C@@H](C(=O)O)[C@@H]3C1=O. The molecular formula is C17H17NO4. The van der Waals surface area contributed by atoms with E-state index < -0.39 is 29.5 Å². The highest BCUT2D eigenvalue weighted by Gasteiger charge is 2.67. The molecule has 22 heavy (non-hydrogen) atoms. The molecule has 3 heterocycles. The van der Waals surface area contributed by atoms with Gasteiger partial charge in [-0.1, -0.05) is 37.3 Å². The second-order valence-electron chi connectivity index (χ2n) is 6.14. The van der Waals surface area contributed by atoms with Crippen LogP contribution >= 0.6 is 0 Å². The zero-order valence-corrected chi connectivity index (χ0v) is 12.2. The number of carbonyl (C=O) groups excluding carboxylic acids is 1. The lowest BCUT2D eigenvalue weighted by Gasteiger charge is -2.23. The molecule has 3 aliphatic rings. The fraction of sp³-hybridized carbons (Fsp3) is 0.412. The Morgan fingerprint density at radius 2 is 2.23 bits per heavy atom. The number of aryl methyl sites for hydroxylation is 1. The Morgan fingerprint density at radius 1 is 1.45 bits per heavy atom. The average molecular weight is 299 g/mol. The van der Waals surface area contributed by atoms with Crippen LogP contribution in [0.2, 0.25) is 0 Å². The van der Waals surface area contributed by atoms with Crippen LogP contribution in [-0.2, 0) is 20.7 Å². The normalized spacial score (nSPS) is 35.2. The Hall–Kier alpha value is -2.14. The van der Waals surface area contributed by atoms with E-state index in [0.717, 1.165) is 17.7 Å². The lowest BCUT2D eigenvalue weighted by atomic mass is 9.77. The Balaban J connectivity index is 1.77. The number of carboxylic acids is 1. The Labute approximate surface area is 128 Å². The summed E-state index contributed by atoms with van der Waals surface area (Å²) in [5, 5.41) is 9.47. The van der Waals surface area contributed by atoms with Crippen molar-refractivity contribution in [2.45, 2.75) is 25.0 Å². The van der Waals surface area contributed by atoms with Gasteiger partial charge in [0.2, 0.25) is 5.91 Å². The molecule has 1 aromatic carbocycles. The molecule has 1 amide bonds. The number of anilines is 1. The molecular weight excluding hydrogens is 282 g/mol.